The van der Waals surface area contributed by atoms with Gasteiger partial charge in [-0.15, -0.1) is 11.6 Å². The number of halogens is 1. The molecule has 1 fully saturated rings. The van der Waals surface area contributed by atoms with E-state index in [1.165, 1.54) is 0 Å². The van der Waals surface area contributed by atoms with E-state index in [2.05, 4.69) is 10.3 Å². The average molecular weight is 292 g/mol. The summed E-state index contributed by atoms with van der Waals surface area (Å²) >= 11 is 5.96. The van der Waals surface area contributed by atoms with Crippen LogP contribution in [0.5, 0.6) is 0 Å². The van der Waals surface area contributed by atoms with Crippen LogP contribution in [0.15, 0.2) is 18.2 Å². The van der Waals surface area contributed by atoms with Gasteiger partial charge >= 0.3 is 0 Å². The Labute approximate surface area is 120 Å². The molecule has 5 nitrogen and oxygen atoms in total. The highest BCUT2D eigenvalue weighted by atomic mass is 35.5. The van der Waals surface area contributed by atoms with Crippen molar-refractivity contribution in [3.05, 3.63) is 29.6 Å². The number of hydrogen-bond donors (Lipinski definition) is 1. The molecule has 0 spiro atoms. The number of amides is 2. The van der Waals surface area contributed by atoms with Crippen molar-refractivity contribution in [2.45, 2.75) is 31.7 Å². The molecule has 3 rings (SSSR count). The van der Waals surface area contributed by atoms with Crippen LogP contribution in [0.1, 0.15) is 30.3 Å². The van der Waals surface area contributed by atoms with E-state index in [-0.39, 0.29) is 17.7 Å². The fraction of sp³-hybridized carbons (Fsp3) is 0.357. The van der Waals surface area contributed by atoms with E-state index < -0.39 is 6.04 Å². The smallest absolute Gasteiger partial charge is 0.249 e. The molecule has 0 saturated carbocycles. The standard InChI is InChI=1S/C14H14ClN3O2/c1-8-2-3-9-11(6-8)18(12(7-15)16-9)10-4-5-13(19)17-14(10)20/h2-3,6,10H,4-5,7H2,1H3,(H,17,19,20). The molecule has 2 amide bonds. The van der Waals surface area contributed by atoms with Crippen LogP contribution < -0.4 is 5.32 Å². The monoisotopic (exact) mass is 291 g/mol. The van der Waals surface area contributed by atoms with Crippen LogP contribution in [0.4, 0.5) is 0 Å². The summed E-state index contributed by atoms with van der Waals surface area (Å²) in [6, 6.07) is 5.46. The van der Waals surface area contributed by atoms with Crippen molar-refractivity contribution in [1.29, 1.82) is 0 Å². The number of nitrogens with one attached hydrogen (secondary N) is 1. The Kier molecular flexibility index (Phi) is 3.22. The SMILES string of the molecule is Cc1ccc2nc(CCl)n(C3CCC(=O)NC3=O)c2c1. The van der Waals surface area contributed by atoms with Gasteiger partial charge in [-0.2, -0.15) is 0 Å². The first-order valence-corrected chi connectivity index (χ1v) is 7.00. The summed E-state index contributed by atoms with van der Waals surface area (Å²) < 4.78 is 1.86. The van der Waals surface area contributed by atoms with Gasteiger partial charge < -0.3 is 4.57 Å². The largest absolute Gasteiger partial charge is 0.314 e. The van der Waals surface area contributed by atoms with Gasteiger partial charge in [0.1, 0.15) is 11.9 Å². The second-order valence-electron chi connectivity index (χ2n) is 4.99. The molecular weight excluding hydrogens is 278 g/mol. The predicted octanol–water partition coefficient (Wildman–Crippen LogP) is 2.06. The molecule has 6 heteroatoms. The number of rotatable bonds is 2. The van der Waals surface area contributed by atoms with E-state index >= 15 is 0 Å². The van der Waals surface area contributed by atoms with E-state index in [1.54, 1.807) is 0 Å². The van der Waals surface area contributed by atoms with Crippen LogP contribution in [-0.4, -0.2) is 21.4 Å². The number of benzene rings is 1. The Balaban J connectivity index is 2.16. The number of aromatic nitrogens is 2. The number of fused-ring (bicyclic) bond motifs is 1. The van der Waals surface area contributed by atoms with Gasteiger partial charge in [-0.05, 0) is 31.0 Å². The molecule has 0 aliphatic carbocycles. The molecule has 20 heavy (non-hydrogen) atoms. The minimum Gasteiger partial charge on any atom is -0.314 e. The topological polar surface area (TPSA) is 64.0 Å². The summed E-state index contributed by atoms with van der Waals surface area (Å²) in [5.41, 5.74) is 2.79. The molecule has 1 aromatic carbocycles. The lowest BCUT2D eigenvalue weighted by Crippen LogP contribution is -2.42. The molecular formula is C14H14ClN3O2. The van der Waals surface area contributed by atoms with Crippen LogP contribution in [0.25, 0.3) is 11.0 Å². The second kappa shape index (κ2) is 4.90. The lowest BCUT2D eigenvalue weighted by molar-refractivity contribution is -0.135. The van der Waals surface area contributed by atoms with E-state index in [4.69, 9.17) is 11.6 Å². The number of piperidine rings is 1. The molecule has 0 radical (unpaired) electrons. The van der Waals surface area contributed by atoms with Crippen molar-refractivity contribution in [3.8, 4) is 0 Å². The number of imidazole rings is 1. The number of imide groups is 1. The number of carbonyl (C=O) groups is 2. The average Bonchev–Trinajstić information content (AvgIpc) is 2.76. The number of carbonyl (C=O) groups excluding carboxylic acids is 2. The van der Waals surface area contributed by atoms with Crippen LogP contribution in [0.2, 0.25) is 0 Å². The molecule has 1 aliphatic rings. The van der Waals surface area contributed by atoms with Gasteiger partial charge in [-0.3, -0.25) is 14.9 Å². The minimum absolute atomic E-state index is 0.223. The van der Waals surface area contributed by atoms with Crippen molar-refractivity contribution >= 4 is 34.4 Å². The molecule has 1 aliphatic heterocycles. The highest BCUT2D eigenvalue weighted by molar-refractivity contribution is 6.17. The highest BCUT2D eigenvalue weighted by Gasteiger charge is 2.30. The Morgan fingerprint density at radius 3 is 2.95 bits per heavy atom. The quantitative estimate of drug-likeness (QED) is 0.680. The first-order chi connectivity index (χ1) is 9.60. The van der Waals surface area contributed by atoms with Crippen LogP contribution >= 0.6 is 11.6 Å². The number of aryl methyl sites for hydroxylation is 1. The maximum Gasteiger partial charge on any atom is 0.249 e. The van der Waals surface area contributed by atoms with E-state index in [9.17, 15) is 9.59 Å². The number of hydrogen-bond acceptors (Lipinski definition) is 3. The molecule has 2 aromatic rings. The van der Waals surface area contributed by atoms with Gasteiger partial charge in [0.2, 0.25) is 11.8 Å². The van der Waals surface area contributed by atoms with Gasteiger partial charge in [0, 0.05) is 6.42 Å². The lowest BCUT2D eigenvalue weighted by atomic mass is 10.1. The number of nitrogens with zero attached hydrogens (tertiary/aromatic N) is 2. The first kappa shape index (κ1) is 13.1. The van der Waals surface area contributed by atoms with Gasteiger partial charge in [0.25, 0.3) is 0 Å². The molecule has 0 bridgehead atoms. The highest BCUT2D eigenvalue weighted by Crippen LogP contribution is 2.27. The maximum atomic E-state index is 12.1. The van der Waals surface area contributed by atoms with Crippen molar-refractivity contribution < 1.29 is 9.59 Å². The van der Waals surface area contributed by atoms with Gasteiger partial charge in [0.15, 0.2) is 0 Å². The van der Waals surface area contributed by atoms with Crippen LogP contribution in [0, 0.1) is 6.92 Å². The lowest BCUT2D eigenvalue weighted by Gasteiger charge is -2.24. The minimum atomic E-state index is -0.423. The zero-order valence-corrected chi connectivity index (χ0v) is 11.8. The van der Waals surface area contributed by atoms with Crippen molar-refractivity contribution in [2.24, 2.45) is 0 Å². The molecule has 1 atom stereocenters. The molecule has 1 aromatic heterocycles. The second-order valence-corrected chi connectivity index (χ2v) is 5.26. The summed E-state index contributed by atoms with van der Waals surface area (Å²) in [6.07, 6.45) is 0.817. The van der Waals surface area contributed by atoms with Crippen LogP contribution in [0.3, 0.4) is 0 Å². The van der Waals surface area contributed by atoms with E-state index in [0.29, 0.717) is 18.7 Å². The zero-order valence-electron chi connectivity index (χ0n) is 11.0. The molecule has 1 N–H and O–H groups in total. The fourth-order valence-corrected chi connectivity index (χ4v) is 2.81. The molecule has 1 unspecified atom stereocenters. The summed E-state index contributed by atoms with van der Waals surface area (Å²) in [6.45, 7) is 1.99. The Morgan fingerprint density at radius 2 is 2.25 bits per heavy atom. The Morgan fingerprint density at radius 1 is 1.45 bits per heavy atom. The van der Waals surface area contributed by atoms with Crippen molar-refractivity contribution in [3.63, 3.8) is 0 Å². The zero-order chi connectivity index (χ0) is 14.3. The summed E-state index contributed by atoms with van der Waals surface area (Å²) in [7, 11) is 0. The normalized spacial score (nSPS) is 19.4. The molecule has 104 valence electrons. The van der Waals surface area contributed by atoms with Crippen LogP contribution in [-0.2, 0) is 15.5 Å². The van der Waals surface area contributed by atoms with Crippen molar-refractivity contribution in [2.75, 3.05) is 0 Å². The van der Waals surface area contributed by atoms with Gasteiger partial charge in [-0.1, -0.05) is 6.07 Å². The van der Waals surface area contributed by atoms with Crippen molar-refractivity contribution in [1.82, 2.24) is 14.9 Å². The third-order valence-corrected chi connectivity index (χ3v) is 3.80. The third-order valence-electron chi connectivity index (χ3n) is 3.56. The maximum absolute atomic E-state index is 12.1. The molecule has 1 saturated heterocycles. The molecule has 2 heterocycles. The van der Waals surface area contributed by atoms with E-state index in [1.807, 2.05) is 29.7 Å². The first-order valence-electron chi connectivity index (χ1n) is 6.47. The Bertz CT molecular complexity index is 708. The van der Waals surface area contributed by atoms with Gasteiger partial charge in [-0.25, -0.2) is 4.98 Å². The predicted molar refractivity (Wildman–Crippen MR) is 75.4 cm³/mol. The number of alkyl halides is 1. The fourth-order valence-electron chi connectivity index (χ4n) is 2.62. The van der Waals surface area contributed by atoms with Gasteiger partial charge in [0.05, 0.1) is 16.9 Å². The van der Waals surface area contributed by atoms with E-state index in [0.717, 1.165) is 16.6 Å². The third kappa shape index (κ3) is 2.08. The summed E-state index contributed by atoms with van der Waals surface area (Å²) in [4.78, 5) is 27.8. The summed E-state index contributed by atoms with van der Waals surface area (Å²) in [5.74, 6) is 0.375. The Hall–Kier alpha value is -1.88. The summed E-state index contributed by atoms with van der Waals surface area (Å²) in [5, 5.41) is 2.38.